The summed E-state index contributed by atoms with van der Waals surface area (Å²) in [4.78, 5) is 51.8. The minimum atomic E-state index is -0.727. The van der Waals surface area contributed by atoms with Gasteiger partial charge in [-0.25, -0.2) is 19.3 Å². The van der Waals surface area contributed by atoms with Gasteiger partial charge in [0.15, 0.2) is 5.69 Å². The fourth-order valence-corrected chi connectivity index (χ4v) is 7.21. The van der Waals surface area contributed by atoms with Gasteiger partial charge in [-0.15, -0.1) is 5.10 Å². The number of anilines is 3. The highest BCUT2D eigenvalue weighted by Gasteiger charge is 2.39. The Kier molecular flexibility index (Phi) is 11.2. The molecule has 0 spiro atoms. The number of aromatic nitrogens is 5. The largest absolute Gasteiger partial charge is 0.444 e. The van der Waals surface area contributed by atoms with E-state index < -0.39 is 29.7 Å². The topological polar surface area (TPSA) is 178 Å². The molecule has 1 saturated heterocycles. The van der Waals surface area contributed by atoms with Crippen molar-refractivity contribution in [1.82, 2.24) is 35.6 Å². The number of fused-ring (bicyclic) bond motifs is 1. The predicted molar refractivity (Wildman–Crippen MR) is 213 cm³/mol. The second-order valence-corrected chi connectivity index (χ2v) is 15.0. The van der Waals surface area contributed by atoms with Crippen LogP contribution >= 0.6 is 0 Å². The van der Waals surface area contributed by atoms with Gasteiger partial charge >= 0.3 is 12.2 Å². The lowest BCUT2D eigenvalue weighted by Gasteiger charge is -2.44. The number of rotatable bonds is 9. The van der Waals surface area contributed by atoms with Crippen molar-refractivity contribution < 1.29 is 23.9 Å². The standard InChI is InChI=1S/C41H46N10O5/c1-26-23-50(24-34(37(26)51-19-18-44-49-51)48-40(54)56-41(2,3)4)35-14-17-43-22-33(35)46-38(52)36-32(47-39(53)55-25-27-8-6-5-7-9-27)21-30-11-10-29(20-31(30)45-36)28-12-15-42-16-13-28/h5-12,14,17-22,26,34,37,42H,13,15-16,23-25H2,1-4H3,(H,46,52)(H,47,53)(H,48,54)/t26-,34+,37-/m0/s1. The maximum absolute atomic E-state index is 14.4. The Morgan fingerprint density at radius 1 is 0.964 bits per heavy atom. The Morgan fingerprint density at radius 2 is 1.80 bits per heavy atom. The van der Waals surface area contributed by atoms with Crippen LogP contribution in [0.4, 0.5) is 26.7 Å². The molecular weight excluding hydrogens is 713 g/mol. The number of pyridine rings is 2. The van der Waals surface area contributed by atoms with Crippen LogP contribution < -0.4 is 26.2 Å². The monoisotopic (exact) mass is 758 g/mol. The van der Waals surface area contributed by atoms with E-state index in [4.69, 9.17) is 14.5 Å². The van der Waals surface area contributed by atoms with E-state index in [2.05, 4.69) is 54.5 Å². The molecule has 0 bridgehead atoms. The van der Waals surface area contributed by atoms with E-state index in [9.17, 15) is 14.4 Å². The molecule has 15 heteroatoms. The first-order valence-electron chi connectivity index (χ1n) is 18.7. The van der Waals surface area contributed by atoms with Crippen molar-refractivity contribution in [2.24, 2.45) is 5.92 Å². The second-order valence-electron chi connectivity index (χ2n) is 15.0. The number of amides is 3. The third-order valence-electron chi connectivity index (χ3n) is 9.67. The van der Waals surface area contributed by atoms with Gasteiger partial charge in [0.2, 0.25) is 0 Å². The summed E-state index contributed by atoms with van der Waals surface area (Å²) in [6.07, 6.45) is 8.37. The average Bonchev–Trinajstić information content (AvgIpc) is 3.71. The maximum atomic E-state index is 14.4. The smallest absolute Gasteiger partial charge is 0.412 e. The molecule has 1 fully saturated rings. The zero-order chi connectivity index (χ0) is 39.2. The molecule has 7 rings (SSSR count). The second kappa shape index (κ2) is 16.6. The van der Waals surface area contributed by atoms with Gasteiger partial charge < -0.3 is 30.3 Å². The zero-order valence-corrected chi connectivity index (χ0v) is 31.9. The fraction of sp³-hybridized carbons (Fsp3) is 0.341. The van der Waals surface area contributed by atoms with Crippen molar-refractivity contribution in [2.45, 2.75) is 58.4 Å². The zero-order valence-electron chi connectivity index (χ0n) is 31.9. The van der Waals surface area contributed by atoms with Crippen LogP contribution in [0.5, 0.6) is 0 Å². The number of benzene rings is 2. The van der Waals surface area contributed by atoms with Gasteiger partial charge in [-0.1, -0.05) is 60.7 Å². The molecule has 15 nitrogen and oxygen atoms in total. The van der Waals surface area contributed by atoms with Gasteiger partial charge in [-0.2, -0.15) is 0 Å². The molecule has 2 aliphatic rings. The van der Waals surface area contributed by atoms with Crippen LogP contribution in [0.2, 0.25) is 0 Å². The average molecular weight is 759 g/mol. The summed E-state index contributed by atoms with van der Waals surface area (Å²) in [6, 6.07) is 18.2. The number of nitrogens with zero attached hydrogens (tertiary/aromatic N) is 6. The Bertz CT molecular complexity index is 2220. The van der Waals surface area contributed by atoms with Crippen LogP contribution in [0.25, 0.3) is 16.5 Å². The van der Waals surface area contributed by atoms with Crippen molar-refractivity contribution in [3.63, 3.8) is 0 Å². The predicted octanol–water partition coefficient (Wildman–Crippen LogP) is 6.19. The quantitative estimate of drug-likeness (QED) is 0.135. The summed E-state index contributed by atoms with van der Waals surface area (Å²) in [5.74, 6) is -0.578. The molecule has 5 aromatic rings. The normalized spacial score (nSPS) is 18.5. The van der Waals surface area contributed by atoms with Crippen molar-refractivity contribution in [3.05, 3.63) is 108 Å². The van der Waals surface area contributed by atoms with Crippen LogP contribution in [0.3, 0.4) is 0 Å². The number of hydrogen-bond donors (Lipinski definition) is 4. The SMILES string of the molecule is C[C@H]1CN(c2ccncc2NC(=O)c2nc3cc(C4=CCNCC4)ccc3cc2NC(=O)OCc2ccccc2)C[C@@H](NC(=O)OC(C)(C)C)[C@H]1n1ccnn1. The van der Waals surface area contributed by atoms with Gasteiger partial charge in [0.25, 0.3) is 5.91 Å². The molecule has 290 valence electrons. The Labute approximate surface area is 324 Å². The number of alkyl carbamates (subject to hydrolysis) is 1. The lowest BCUT2D eigenvalue weighted by molar-refractivity contribution is 0.0465. The van der Waals surface area contributed by atoms with Crippen LogP contribution in [-0.4, -0.2) is 80.9 Å². The van der Waals surface area contributed by atoms with Crippen LogP contribution in [0, 0.1) is 5.92 Å². The van der Waals surface area contributed by atoms with E-state index in [1.54, 1.807) is 35.5 Å². The molecule has 0 radical (unpaired) electrons. The summed E-state index contributed by atoms with van der Waals surface area (Å²) in [5, 5.41) is 21.2. The number of carbonyl (C=O) groups is 3. The first kappa shape index (κ1) is 37.9. The lowest BCUT2D eigenvalue weighted by atomic mass is 9.89. The van der Waals surface area contributed by atoms with Gasteiger partial charge in [-0.05, 0) is 74.6 Å². The van der Waals surface area contributed by atoms with Gasteiger partial charge in [0.05, 0.1) is 47.1 Å². The third kappa shape index (κ3) is 9.12. The highest BCUT2D eigenvalue weighted by molar-refractivity contribution is 6.11. The lowest BCUT2D eigenvalue weighted by Crippen LogP contribution is -2.57. The Balaban J connectivity index is 1.18. The Morgan fingerprint density at radius 3 is 2.55 bits per heavy atom. The van der Waals surface area contributed by atoms with Crippen molar-refractivity contribution >= 4 is 51.6 Å². The molecular formula is C41H46N10O5. The third-order valence-corrected chi connectivity index (χ3v) is 9.67. The Hall–Kier alpha value is -6.35. The van der Waals surface area contributed by atoms with Gasteiger partial charge in [0.1, 0.15) is 12.2 Å². The van der Waals surface area contributed by atoms with Crippen molar-refractivity contribution in [1.29, 1.82) is 0 Å². The van der Waals surface area contributed by atoms with Crippen molar-refractivity contribution in [2.75, 3.05) is 41.7 Å². The number of piperidine rings is 1. The molecule has 2 aliphatic heterocycles. The molecule has 0 unspecified atom stereocenters. The molecule has 3 atom stereocenters. The van der Waals surface area contributed by atoms with E-state index >= 15 is 0 Å². The van der Waals surface area contributed by atoms with Crippen LogP contribution in [0.1, 0.15) is 61.8 Å². The first-order chi connectivity index (χ1) is 27.0. The van der Waals surface area contributed by atoms with Crippen molar-refractivity contribution in [3.8, 4) is 0 Å². The molecule has 5 heterocycles. The molecule has 3 amide bonds. The van der Waals surface area contributed by atoms with Crippen LogP contribution in [-0.2, 0) is 16.1 Å². The van der Waals surface area contributed by atoms with Gasteiger partial charge in [-0.3, -0.25) is 15.1 Å². The number of nitrogens with one attached hydrogen (secondary N) is 4. The molecule has 56 heavy (non-hydrogen) atoms. The maximum Gasteiger partial charge on any atom is 0.412 e. The first-order valence-corrected chi connectivity index (χ1v) is 18.7. The molecule has 0 aliphatic carbocycles. The summed E-state index contributed by atoms with van der Waals surface area (Å²) in [7, 11) is 0. The van der Waals surface area contributed by atoms with E-state index in [0.717, 1.165) is 36.0 Å². The van der Waals surface area contributed by atoms with E-state index in [0.29, 0.717) is 30.0 Å². The number of hydrogen-bond acceptors (Lipinski definition) is 11. The summed E-state index contributed by atoms with van der Waals surface area (Å²) in [6.45, 7) is 10.1. The highest BCUT2D eigenvalue weighted by atomic mass is 16.6. The molecule has 0 saturated carbocycles. The van der Waals surface area contributed by atoms with E-state index in [1.165, 1.54) is 5.57 Å². The van der Waals surface area contributed by atoms with Gasteiger partial charge in [0, 0.05) is 37.4 Å². The number of ether oxygens (including phenoxy) is 2. The summed E-state index contributed by atoms with van der Waals surface area (Å²) >= 11 is 0. The summed E-state index contributed by atoms with van der Waals surface area (Å²) < 4.78 is 12.9. The molecule has 4 N–H and O–H groups in total. The van der Waals surface area contributed by atoms with Crippen LogP contribution in [0.15, 0.2) is 91.5 Å². The molecule has 3 aromatic heterocycles. The fourth-order valence-electron chi connectivity index (χ4n) is 7.21. The minimum absolute atomic E-state index is 0.00290. The minimum Gasteiger partial charge on any atom is -0.444 e. The highest BCUT2D eigenvalue weighted by Crippen LogP contribution is 2.35. The van der Waals surface area contributed by atoms with E-state index in [1.807, 2.05) is 75.4 Å². The summed E-state index contributed by atoms with van der Waals surface area (Å²) in [5.41, 5.74) is 4.26. The number of carbonyl (C=O) groups excluding carboxylic acids is 3. The molecule has 2 aromatic carbocycles. The van der Waals surface area contributed by atoms with E-state index in [-0.39, 0.29) is 29.9 Å².